The van der Waals surface area contributed by atoms with Gasteiger partial charge in [0.2, 0.25) is 0 Å². The summed E-state index contributed by atoms with van der Waals surface area (Å²) in [7, 11) is 0. The molecule has 0 atom stereocenters. The topological polar surface area (TPSA) is 30.7 Å². The number of nitrogens with zero attached hydrogens (tertiary/aromatic N) is 3. The summed E-state index contributed by atoms with van der Waals surface area (Å²) < 4.78 is 1.84. The summed E-state index contributed by atoms with van der Waals surface area (Å²) in [6.07, 6.45) is 1.65. The summed E-state index contributed by atoms with van der Waals surface area (Å²) in [6.45, 7) is 0.743. The summed E-state index contributed by atoms with van der Waals surface area (Å²) in [5.41, 5.74) is 1.20. The third-order valence-electron chi connectivity index (χ3n) is 1.78. The van der Waals surface area contributed by atoms with Gasteiger partial charge in [-0.3, -0.25) is 0 Å². The monoisotopic (exact) mass is 213 g/mol. The van der Waals surface area contributed by atoms with E-state index in [1.54, 1.807) is 6.33 Å². The molecule has 2 aromatic rings. The van der Waals surface area contributed by atoms with E-state index >= 15 is 0 Å². The molecule has 1 aromatic carbocycles. The van der Waals surface area contributed by atoms with Crippen molar-refractivity contribution in [1.82, 2.24) is 14.8 Å². The molecule has 1 heterocycles. The van der Waals surface area contributed by atoms with E-state index in [1.807, 2.05) is 22.8 Å². The van der Waals surface area contributed by atoms with E-state index in [0.717, 1.165) is 6.54 Å². The van der Waals surface area contributed by atoms with Crippen LogP contribution >= 0.6 is 0 Å². The molecule has 66 valence electrons. The number of benzene rings is 1. The third-order valence-corrected chi connectivity index (χ3v) is 2.09. The zero-order chi connectivity index (χ0) is 9.10. The first-order chi connectivity index (χ1) is 6.36. The van der Waals surface area contributed by atoms with Crippen LogP contribution in [0.1, 0.15) is 5.56 Å². The molecule has 0 spiro atoms. The predicted molar refractivity (Wildman–Crippen MR) is 51.2 cm³/mol. The Balaban J connectivity index is 0.000000980. The minimum absolute atomic E-state index is 0. The smallest absolute Gasteiger partial charge is 0.740 e. The van der Waals surface area contributed by atoms with Crippen molar-refractivity contribution < 1.29 is 29.6 Å². The fourth-order valence-corrected chi connectivity index (χ4v) is 1.29. The van der Waals surface area contributed by atoms with Gasteiger partial charge < -0.3 is 17.2 Å². The van der Waals surface area contributed by atoms with Gasteiger partial charge in [-0.2, -0.15) is 5.10 Å². The van der Waals surface area contributed by atoms with Gasteiger partial charge in [-0.1, -0.05) is 30.3 Å². The SMILES string of the molecule is [Na+].[S-]c1nncn1Cc1ccccc1. The molecule has 0 aliphatic heterocycles. The Morgan fingerprint density at radius 1 is 1.21 bits per heavy atom. The molecule has 2 rings (SSSR count). The van der Waals surface area contributed by atoms with E-state index in [9.17, 15) is 0 Å². The van der Waals surface area contributed by atoms with Gasteiger partial charge in [0.25, 0.3) is 0 Å². The second-order valence-corrected chi connectivity index (χ2v) is 3.09. The van der Waals surface area contributed by atoms with Crippen molar-refractivity contribution in [2.24, 2.45) is 0 Å². The van der Waals surface area contributed by atoms with E-state index in [2.05, 4.69) is 22.3 Å². The molecular weight excluding hydrogens is 205 g/mol. The van der Waals surface area contributed by atoms with Gasteiger partial charge in [0, 0.05) is 11.7 Å². The van der Waals surface area contributed by atoms with E-state index in [0.29, 0.717) is 5.16 Å². The minimum atomic E-state index is 0. The molecule has 0 unspecified atom stereocenters. The summed E-state index contributed by atoms with van der Waals surface area (Å²) in [6, 6.07) is 10.1. The molecule has 0 saturated heterocycles. The van der Waals surface area contributed by atoms with Crippen LogP contribution in [0.3, 0.4) is 0 Å². The van der Waals surface area contributed by atoms with Crippen molar-refractivity contribution in [3.05, 3.63) is 42.2 Å². The van der Waals surface area contributed by atoms with Crippen molar-refractivity contribution in [2.45, 2.75) is 11.7 Å². The molecule has 3 nitrogen and oxygen atoms in total. The van der Waals surface area contributed by atoms with Gasteiger partial charge in [0.05, 0.1) is 0 Å². The molecule has 5 heteroatoms. The summed E-state index contributed by atoms with van der Waals surface area (Å²) in [5, 5.41) is 8.00. The molecule has 0 aliphatic rings. The maximum atomic E-state index is 4.97. The van der Waals surface area contributed by atoms with Crippen LogP contribution < -0.4 is 29.6 Å². The first kappa shape index (κ1) is 11.7. The molecule has 1 aromatic heterocycles. The van der Waals surface area contributed by atoms with Crippen LogP contribution in [0, 0.1) is 0 Å². The van der Waals surface area contributed by atoms with Gasteiger partial charge in [0.15, 0.2) is 0 Å². The van der Waals surface area contributed by atoms with E-state index in [1.165, 1.54) is 5.56 Å². The van der Waals surface area contributed by atoms with Crippen LogP contribution in [0.2, 0.25) is 0 Å². The summed E-state index contributed by atoms with van der Waals surface area (Å²) >= 11 is 4.97. The average Bonchev–Trinajstić information content (AvgIpc) is 2.54. The van der Waals surface area contributed by atoms with Gasteiger partial charge in [-0.05, 0) is 5.56 Å². The van der Waals surface area contributed by atoms with Crippen LogP contribution in [0.5, 0.6) is 0 Å². The minimum Gasteiger partial charge on any atom is -0.740 e. The molecule has 0 amide bonds. The summed E-state index contributed by atoms with van der Waals surface area (Å²) in [4.78, 5) is 0. The Morgan fingerprint density at radius 2 is 1.93 bits per heavy atom. The first-order valence-electron chi connectivity index (χ1n) is 3.95. The molecule has 0 radical (unpaired) electrons. The Hall–Kier alpha value is -0.420. The zero-order valence-corrected chi connectivity index (χ0v) is 10.7. The quantitative estimate of drug-likeness (QED) is 0.437. The number of aromatic nitrogens is 3. The molecule has 0 saturated carbocycles. The van der Waals surface area contributed by atoms with E-state index in [4.69, 9.17) is 12.6 Å². The maximum Gasteiger partial charge on any atom is 1.00 e. The van der Waals surface area contributed by atoms with Gasteiger partial charge in [-0.25, -0.2) is 0 Å². The van der Waals surface area contributed by atoms with E-state index < -0.39 is 0 Å². The number of rotatable bonds is 2. The molecular formula is C9H8N3NaS. The Bertz CT molecular complexity index is 388. The standard InChI is InChI=1S/C9H9N3S.Na/c13-9-11-10-7-12(9)6-8-4-2-1-3-5-8;/h1-5,7H,6H2,(H,11,13);/q;+1/p-1. The van der Waals surface area contributed by atoms with Crippen molar-refractivity contribution in [3.63, 3.8) is 0 Å². The number of hydrogen-bond acceptors (Lipinski definition) is 3. The predicted octanol–water partition coefficient (Wildman–Crippen LogP) is -1.76. The Kier molecular flexibility index (Phi) is 4.54. The number of hydrogen-bond donors (Lipinski definition) is 0. The van der Waals surface area contributed by atoms with Crippen molar-refractivity contribution >= 4 is 12.6 Å². The fraction of sp³-hybridized carbons (Fsp3) is 0.111. The second kappa shape index (κ2) is 5.46. The molecule has 0 aliphatic carbocycles. The van der Waals surface area contributed by atoms with Gasteiger partial charge >= 0.3 is 29.6 Å². The normalized spacial score (nSPS) is 9.43. The van der Waals surface area contributed by atoms with E-state index in [-0.39, 0.29) is 29.6 Å². The molecule has 0 bridgehead atoms. The largest absolute Gasteiger partial charge is 1.00 e. The molecule has 0 fully saturated rings. The molecule has 14 heavy (non-hydrogen) atoms. The van der Waals surface area contributed by atoms with Gasteiger partial charge in [-0.15, -0.1) is 5.10 Å². The zero-order valence-electron chi connectivity index (χ0n) is 7.92. The van der Waals surface area contributed by atoms with Gasteiger partial charge in [0.1, 0.15) is 6.33 Å². The second-order valence-electron chi connectivity index (χ2n) is 2.73. The van der Waals surface area contributed by atoms with Crippen LogP contribution in [0.15, 0.2) is 41.8 Å². The average molecular weight is 213 g/mol. The summed E-state index contributed by atoms with van der Waals surface area (Å²) in [5.74, 6) is 0. The maximum absolute atomic E-state index is 4.97. The third kappa shape index (κ3) is 2.78. The van der Waals surface area contributed by atoms with Crippen molar-refractivity contribution in [2.75, 3.05) is 0 Å². The Morgan fingerprint density at radius 3 is 2.50 bits per heavy atom. The Labute approximate surface area is 110 Å². The molecule has 0 N–H and O–H groups in total. The van der Waals surface area contributed by atoms with Crippen molar-refractivity contribution in [1.29, 1.82) is 0 Å². The first-order valence-corrected chi connectivity index (χ1v) is 4.36. The van der Waals surface area contributed by atoms with Crippen LogP contribution in [-0.4, -0.2) is 14.8 Å². The fourth-order valence-electron chi connectivity index (χ4n) is 1.13. The van der Waals surface area contributed by atoms with Crippen LogP contribution in [0.4, 0.5) is 0 Å². The van der Waals surface area contributed by atoms with Crippen molar-refractivity contribution in [3.8, 4) is 0 Å². The van der Waals surface area contributed by atoms with Crippen LogP contribution in [-0.2, 0) is 19.2 Å². The van der Waals surface area contributed by atoms with Crippen LogP contribution in [0.25, 0.3) is 0 Å².